The molecule has 1 aliphatic carbocycles. The van der Waals surface area contributed by atoms with Gasteiger partial charge in [0.15, 0.2) is 5.11 Å². The van der Waals surface area contributed by atoms with E-state index in [1.807, 2.05) is 12.1 Å². The molecule has 0 spiro atoms. The molecular formula is C23H37N3OS. The first-order chi connectivity index (χ1) is 12.9. The number of nitrogens with one attached hydrogen (secondary N) is 1. The van der Waals surface area contributed by atoms with Crippen LogP contribution in [-0.4, -0.2) is 22.6 Å². The number of nitrogens with two attached hydrogens (primary N) is 1. The Balaban J connectivity index is 2.39. The van der Waals surface area contributed by atoms with E-state index in [4.69, 9.17) is 18.0 Å². The molecule has 0 saturated heterocycles. The van der Waals surface area contributed by atoms with E-state index in [0.717, 1.165) is 24.0 Å². The van der Waals surface area contributed by atoms with Crippen LogP contribution < -0.4 is 11.2 Å². The van der Waals surface area contributed by atoms with Gasteiger partial charge in [-0.25, -0.2) is 0 Å². The molecule has 1 saturated carbocycles. The van der Waals surface area contributed by atoms with E-state index in [1.54, 1.807) is 5.01 Å². The number of carbonyl (C=O) groups excluding carboxylic acids is 1. The number of hydrogen-bond acceptors (Lipinski definition) is 2. The molecule has 156 valence electrons. The number of amides is 1. The Hall–Kier alpha value is -1.62. The minimum Gasteiger partial charge on any atom is -0.375 e. The molecule has 4 nitrogen and oxygen atoms in total. The van der Waals surface area contributed by atoms with Crippen LogP contribution in [0.3, 0.4) is 0 Å². The van der Waals surface area contributed by atoms with Crippen LogP contribution >= 0.6 is 12.2 Å². The van der Waals surface area contributed by atoms with E-state index in [1.165, 1.54) is 19.3 Å². The summed E-state index contributed by atoms with van der Waals surface area (Å²) in [4.78, 5) is 13.5. The number of thiocarbonyl (C=S) groups is 1. The van der Waals surface area contributed by atoms with Gasteiger partial charge in [0.2, 0.25) is 0 Å². The molecule has 2 rings (SSSR count). The highest BCUT2D eigenvalue weighted by molar-refractivity contribution is 7.80. The lowest BCUT2D eigenvalue weighted by Gasteiger charge is -2.31. The summed E-state index contributed by atoms with van der Waals surface area (Å²) in [5.74, 6) is 0.433. The Bertz CT molecular complexity index is 677. The van der Waals surface area contributed by atoms with Gasteiger partial charge in [0, 0.05) is 12.1 Å². The van der Waals surface area contributed by atoms with Gasteiger partial charge in [0.25, 0.3) is 5.91 Å². The molecule has 28 heavy (non-hydrogen) atoms. The van der Waals surface area contributed by atoms with Gasteiger partial charge in [0.05, 0.1) is 0 Å². The fourth-order valence-electron chi connectivity index (χ4n) is 3.71. The van der Waals surface area contributed by atoms with Gasteiger partial charge < -0.3 is 5.73 Å². The Morgan fingerprint density at radius 3 is 1.96 bits per heavy atom. The Labute approximate surface area is 176 Å². The van der Waals surface area contributed by atoms with Crippen molar-refractivity contribution in [1.29, 1.82) is 0 Å². The molecule has 0 bridgehead atoms. The molecule has 0 atom stereocenters. The van der Waals surface area contributed by atoms with E-state index in [9.17, 15) is 4.79 Å². The molecule has 5 heteroatoms. The van der Waals surface area contributed by atoms with Crippen LogP contribution in [0.15, 0.2) is 18.2 Å². The molecule has 1 aromatic carbocycles. The Morgan fingerprint density at radius 1 is 1.04 bits per heavy atom. The van der Waals surface area contributed by atoms with Crippen LogP contribution in [0.25, 0.3) is 0 Å². The first-order valence-electron chi connectivity index (χ1n) is 10.4. The third-order valence-corrected chi connectivity index (χ3v) is 5.66. The smallest absolute Gasteiger partial charge is 0.272 e. The van der Waals surface area contributed by atoms with Crippen LogP contribution in [0, 0.1) is 5.92 Å². The lowest BCUT2D eigenvalue weighted by Crippen LogP contribution is -2.50. The van der Waals surface area contributed by atoms with Crippen LogP contribution in [0.1, 0.15) is 95.1 Å². The SMILES string of the molecule is CC(C)(C)c1cc(C(=O)N(CC2CCCCC2)NC(N)=S)cc(C(C)(C)C)c1. The van der Waals surface area contributed by atoms with Gasteiger partial charge in [-0.2, -0.15) is 0 Å². The van der Waals surface area contributed by atoms with Crippen molar-refractivity contribution in [2.24, 2.45) is 11.7 Å². The van der Waals surface area contributed by atoms with Crippen molar-refractivity contribution in [2.75, 3.05) is 6.54 Å². The molecular weight excluding hydrogens is 366 g/mol. The quantitative estimate of drug-likeness (QED) is 0.547. The van der Waals surface area contributed by atoms with E-state index >= 15 is 0 Å². The lowest BCUT2D eigenvalue weighted by molar-refractivity contribution is 0.0660. The average Bonchev–Trinajstić information content (AvgIpc) is 2.59. The van der Waals surface area contributed by atoms with Crippen molar-refractivity contribution < 1.29 is 4.79 Å². The standard InChI is InChI=1S/C23H37N3OS/c1-22(2,3)18-12-17(13-19(14-18)23(4,5)6)20(27)26(25-21(24)28)15-16-10-8-7-9-11-16/h12-14,16H,7-11,15H2,1-6H3,(H3,24,25,28). The first-order valence-corrected chi connectivity index (χ1v) is 10.8. The minimum absolute atomic E-state index is 0.0406. The number of hydrazine groups is 1. The number of carbonyl (C=O) groups is 1. The second-order valence-electron chi connectivity index (χ2n) is 10.2. The maximum atomic E-state index is 13.5. The third kappa shape index (κ3) is 6.20. The number of benzene rings is 1. The predicted octanol–water partition coefficient (Wildman–Crippen LogP) is 5.05. The fourth-order valence-corrected chi connectivity index (χ4v) is 3.82. The second kappa shape index (κ2) is 8.81. The molecule has 0 aromatic heterocycles. The monoisotopic (exact) mass is 403 g/mol. The summed E-state index contributed by atoms with van der Waals surface area (Å²) in [5, 5.41) is 1.76. The third-order valence-electron chi connectivity index (χ3n) is 5.57. The summed E-state index contributed by atoms with van der Waals surface area (Å²) in [6.45, 7) is 13.7. The van der Waals surface area contributed by atoms with Crippen LogP contribution in [0.4, 0.5) is 0 Å². The molecule has 0 radical (unpaired) electrons. The predicted molar refractivity (Wildman–Crippen MR) is 121 cm³/mol. The van der Waals surface area contributed by atoms with Gasteiger partial charge in [-0.05, 0) is 65.1 Å². The highest BCUT2D eigenvalue weighted by atomic mass is 32.1. The number of hydrogen-bond donors (Lipinski definition) is 2. The van der Waals surface area contributed by atoms with Gasteiger partial charge in [-0.1, -0.05) is 66.9 Å². The van der Waals surface area contributed by atoms with Gasteiger partial charge >= 0.3 is 0 Å². The minimum atomic E-state index is -0.0602. The Kier molecular flexibility index (Phi) is 7.13. The van der Waals surface area contributed by atoms with Gasteiger partial charge in [-0.15, -0.1) is 0 Å². The highest BCUT2D eigenvalue weighted by Gasteiger charge is 2.26. The number of rotatable bonds is 3. The topological polar surface area (TPSA) is 58.4 Å². The molecule has 0 heterocycles. The summed E-state index contributed by atoms with van der Waals surface area (Å²) in [7, 11) is 0. The van der Waals surface area contributed by atoms with Gasteiger partial charge in [-0.3, -0.25) is 15.2 Å². The van der Waals surface area contributed by atoms with Crippen LogP contribution in [0.2, 0.25) is 0 Å². The van der Waals surface area contributed by atoms with Crippen LogP contribution in [0.5, 0.6) is 0 Å². The lowest BCUT2D eigenvalue weighted by atomic mass is 9.79. The molecule has 3 N–H and O–H groups in total. The average molecular weight is 404 g/mol. The van der Waals surface area contributed by atoms with Crippen molar-refractivity contribution in [2.45, 2.75) is 84.5 Å². The van der Waals surface area contributed by atoms with Crippen molar-refractivity contribution in [1.82, 2.24) is 10.4 Å². The first kappa shape index (κ1) is 22.7. The van der Waals surface area contributed by atoms with E-state index in [0.29, 0.717) is 18.0 Å². The number of nitrogens with zero attached hydrogens (tertiary/aromatic N) is 1. The van der Waals surface area contributed by atoms with E-state index < -0.39 is 0 Å². The Morgan fingerprint density at radius 2 is 1.54 bits per heavy atom. The molecule has 1 fully saturated rings. The summed E-state index contributed by atoms with van der Waals surface area (Å²) in [6.07, 6.45) is 6.05. The summed E-state index contributed by atoms with van der Waals surface area (Å²) in [5.41, 5.74) is 11.6. The zero-order valence-corrected chi connectivity index (χ0v) is 19.2. The zero-order valence-electron chi connectivity index (χ0n) is 18.4. The van der Waals surface area contributed by atoms with E-state index in [2.05, 4.69) is 53.0 Å². The zero-order chi connectivity index (χ0) is 21.1. The van der Waals surface area contributed by atoms with Crippen LogP contribution in [-0.2, 0) is 10.8 Å². The van der Waals surface area contributed by atoms with Crippen molar-refractivity contribution in [3.8, 4) is 0 Å². The summed E-state index contributed by atoms with van der Waals surface area (Å²) < 4.78 is 0. The summed E-state index contributed by atoms with van der Waals surface area (Å²) >= 11 is 5.05. The molecule has 0 aliphatic heterocycles. The maximum absolute atomic E-state index is 13.5. The second-order valence-corrected chi connectivity index (χ2v) is 10.6. The molecule has 1 amide bonds. The fraction of sp³-hybridized carbons (Fsp3) is 0.652. The van der Waals surface area contributed by atoms with Gasteiger partial charge in [0.1, 0.15) is 0 Å². The van der Waals surface area contributed by atoms with E-state index in [-0.39, 0.29) is 21.8 Å². The largest absolute Gasteiger partial charge is 0.375 e. The molecule has 0 unspecified atom stereocenters. The molecule has 1 aromatic rings. The normalized spacial score (nSPS) is 15.9. The van der Waals surface area contributed by atoms with Crippen molar-refractivity contribution >= 4 is 23.2 Å². The summed E-state index contributed by atoms with van der Waals surface area (Å²) in [6, 6.07) is 6.27. The van der Waals surface area contributed by atoms with Crippen molar-refractivity contribution in [3.63, 3.8) is 0 Å². The maximum Gasteiger partial charge on any atom is 0.272 e. The highest BCUT2D eigenvalue weighted by Crippen LogP contribution is 2.31. The van der Waals surface area contributed by atoms with Crippen molar-refractivity contribution in [3.05, 3.63) is 34.9 Å². The molecule has 1 aliphatic rings.